The Bertz CT molecular complexity index is 205. The first kappa shape index (κ1) is 15.6. The number of rotatable bonds is 8. The van der Waals surface area contributed by atoms with Crippen LogP contribution in [0, 0.1) is 5.92 Å². The first-order valence-electron chi connectivity index (χ1n) is 6.83. The van der Waals surface area contributed by atoms with Crippen LogP contribution in [0.3, 0.4) is 0 Å². The second kappa shape index (κ2) is 7.05. The number of hydrogen-bond donors (Lipinski definition) is 0. The standard InChI is InChI=1S/C14H29NO/c1-7-12(6)13(16)14(8-2,9-3)15(10-4)11-5/h12H,7-11H2,1-6H3. The third kappa shape index (κ3) is 2.85. The summed E-state index contributed by atoms with van der Waals surface area (Å²) in [5.74, 6) is 0.615. The lowest BCUT2D eigenvalue weighted by Gasteiger charge is -2.42. The largest absolute Gasteiger partial charge is 0.297 e. The Hall–Kier alpha value is -0.370. The second-order valence-corrected chi connectivity index (χ2v) is 4.58. The molecule has 0 aromatic carbocycles. The van der Waals surface area contributed by atoms with Gasteiger partial charge in [-0.2, -0.15) is 0 Å². The molecule has 0 N–H and O–H groups in total. The molecule has 0 fully saturated rings. The van der Waals surface area contributed by atoms with Crippen LogP contribution in [0.2, 0.25) is 0 Å². The minimum Gasteiger partial charge on any atom is -0.297 e. The van der Waals surface area contributed by atoms with Crippen molar-refractivity contribution in [2.45, 2.75) is 66.3 Å². The molecule has 0 rings (SSSR count). The van der Waals surface area contributed by atoms with E-state index < -0.39 is 0 Å². The summed E-state index contributed by atoms with van der Waals surface area (Å²) >= 11 is 0. The van der Waals surface area contributed by atoms with Crippen molar-refractivity contribution in [3.63, 3.8) is 0 Å². The molecule has 2 heteroatoms. The van der Waals surface area contributed by atoms with Crippen LogP contribution in [0.1, 0.15) is 60.8 Å². The van der Waals surface area contributed by atoms with Gasteiger partial charge in [0.25, 0.3) is 0 Å². The summed E-state index contributed by atoms with van der Waals surface area (Å²) in [6.45, 7) is 14.7. The molecule has 0 saturated heterocycles. The van der Waals surface area contributed by atoms with E-state index in [9.17, 15) is 4.79 Å². The minimum absolute atomic E-state index is 0.181. The normalized spacial score (nSPS) is 14.2. The lowest BCUT2D eigenvalue weighted by molar-refractivity contribution is -0.135. The number of nitrogens with zero attached hydrogens (tertiary/aromatic N) is 1. The molecule has 0 aromatic rings. The van der Waals surface area contributed by atoms with Gasteiger partial charge in [-0.3, -0.25) is 9.69 Å². The van der Waals surface area contributed by atoms with E-state index in [-0.39, 0.29) is 11.5 Å². The van der Waals surface area contributed by atoms with Crippen molar-refractivity contribution < 1.29 is 4.79 Å². The van der Waals surface area contributed by atoms with E-state index in [1.165, 1.54) is 0 Å². The molecule has 0 amide bonds. The van der Waals surface area contributed by atoms with Crippen LogP contribution in [0.4, 0.5) is 0 Å². The Labute approximate surface area is 101 Å². The van der Waals surface area contributed by atoms with Crippen LogP contribution >= 0.6 is 0 Å². The molecule has 0 heterocycles. The van der Waals surface area contributed by atoms with Gasteiger partial charge in [0, 0.05) is 5.92 Å². The lowest BCUT2D eigenvalue weighted by atomic mass is 9.79. The van der Waals surface area contributed by atoms with E-state index in [0.29, 0.717) is 5.78 Å². The first-order valence-corrected chi connectivity index (χ1v) is 6.83. The zero-order valence-electron chi connectivity index (χ0n) is 12.0. The fourth-order valence-corrected chi connectivity index (χ4v) is 2.67. The van der Waals surface area contributed by atoms with Gasteiger partial charge in [-0.1, -0.05) is 41.5 Å². The van der Waals surface area contributed by atoms with Crippen molar-refractivity contribution >= 4 is 5.78 Å². The fourth-order valence-electron chi connectivity index (χ4n) is 2.67. The van der Waals surface area contributed by atoms with Crippen molar-refractivity contribution in [3.8, 4) is 0 Å². The number of carbonyl (C=O) groups excluding carboxylic acids is 1. The summed E-state index contributed by atoms with van der Waals surface area (Å²) in [4.78, 5) is 14.9. The molecule has 0 aliphatic heterocycles. The summed E-state index contributed by atoms with van der Waals surface area (Å²) in [7, 11) is 0. The van der Waals surface area contributed by atoms with Crippen LogP contribution < -0.4 is 0 Å². The van der Waals surface area contributed by atoms with Gasteiger partial charge < -0.3 is 0 Å². The predicted molar refractivity (Wildman–Crippen MR) is 70.7 cm³/mol. The van der Waals surface area contributed by atoms with Gasteiger partial charge in [0.05, 0.1) is 5.54 Å². The molecule has 2 nitrogen and oxygen atoms in total. The Morgan fingerprint density at radius 3 is 1.75 bits per heavy atom. The van der Waals surface area contributed by atoms with Crippen LogP contribution in [-0.4, -0.2) is 29.3 Å². The number of Topliss-reactive ketones (excluding diaryl/α,β-unsaturated/α-hetero) is 1. The van der Waals surface area contributed by atoms with E-state index >= 15 is 0 Å². The Morgan fingerprint density at radius 2 is 1.50 bits per heavy atom. The minimum atomic E-state index is -0.223. The van der Waals surface area contributed by atoms with Crippen LogP contribution in [0.25, 0.3) is 0 Å². The van der Waals surface area contributed by atoms with Gasteiger partial charge in [0.2, 0.25) is 0 Å². The molecule has 0 radical (unpaired) electrons. The number of ketones is 1. The molecule has 0 aromatic heterocycles. The highest BCUT2D eigenvalue weighted by molar-refractivity contribution is 5.90. The van der Waals surface area contributed by atoms with E-state index in [1.807, 2.05) is 0 Å². The number of likely N-dealkylation sites (N-methyl/N-ethyl adjacent to an activating group) is 1. The smallest absolute Gasteiger partial charge is 0.155 e. The zero-order chi connectivity index (χ0) is 12.8. The maximum absolute atomic E-state index is 12.6. The van der Waals surface area contributed by atoms with Gasteiger partial charge in [-0.25, -0.2) is 0 Å². The first-order chi connectivity index (χ1) is 7.53. The third-order valence-electron chi connectivity index (χ3n) is 4.06. The Morgan fingerprint density at radius 1 is 1.06 bits per heavy atom. The summed E-state index contributed by atoms with van der Waals surface area (Å²) < 4.78 is 0. The quantitative estimate of drug-likeness (QED) is 0.632. The van der Waals surface area contributed by atoms with Crippen molar-refractivity contribution in [3.05, 3.63) is 0 Å². The Balaban J connectivity index is 5.14. The van der Waals surface area contributed by atoms with Gasteiger partial charge in [-0.15, -0.1) is 0 Å². The van der Waals surface area contributed by atoms with Crippen molar-refractivity contribution in [1.29, 1.82) is 0 Å². The molecular weight excluding hydrogens is 198 g/mol. The summed E-state index contributed by atoms with van der Waals surface area (Å²) in [6, 6.07) is 0. The summed E-state index contributed by atoms with van der Waals surface area (Å²) in [5.41, 5.74) is -0.223. The van der Waals surface area contributed by atoms with Crippen LogP contribution in [0.15, 0.2) is 0 Å². The van der Waals surface area contributed by atoms with Gasteiger partial charge in [0.1, 0.15) is 0 Å². The maximum Gasteiger partial charge on any atom is 0.155 e. The Kier molecular flexibility index (Phi) is 6.89. The van der Waals surface area contributed by atoms with E-state index in [4.69, 9.17) is 0 Å². The van der Waals surface area contributed by atoms with E-state index in [0.717, 1.165) is 32.4 Å². The lowest BCUT2D eigenvalue weighted by Crippen LogP contribution is -2.55. The highest BCUT2D eigenvalue weighted by atomic mass is 16.1. The van der Waals surface area contributed by atoms with Crippen LogP contribution in [0.5, 0.6) is 0 Å². The molecule has 0 aliphatic rings. The van der Waals surface area contributed by atoms with Gasteiger partial charge in [-0.05, 0) is 32.4 Å². The molecule has 96 valence electrons. The summed E-state index contributed by atoms with van der Waals surface area (Å²) in [6.07, 6.45) is 2.80. The number of carbonyl (C=O) groups is 1. The predicted octanol–water partition coefficient (Wildman–Crippen LogP) is 3.50. The van der Waals surface area contributed by atoms with Crippen molar-refractivity contribution in [2.24, 2.45) is 5.92 Å². The molecular formula is C14H29NO. The molecule has 1 atom stereocenters. The van der Waals surface area contributed by atoms with Crippen molar-refractivity contribution in [1.82, 2.24) is 4.90 Å². The average molecular weight is 227 g/mol. The van der Waals surface area contributed by atoms with Crippen LogP contribution in [-0.2, 0) is 4.79 Å². The van der Waals surface area contributed by atoms with Crippen molar-refractivity contribution in [2.75, 3.05) is 13.1 Å². The summed E-state index contributed by atoms with van der Waals surface area (Å²) in [5, 5.41) is 0. The molecule has 0 spiro atoms. The highest BCUT2D eigenvalue weighted by Gasteiger charge is 2.40. The average Bonchev–Trinajstić information content (AvgIpc) is 2.34. The maximum atomic E-state index is 12.6. The van der Waals surface area contributed by atoms with Gasteiger partial charge >= 0.3 is 0 Å². The highest BCUT2D eigenvalue weighted by Crippen LogP contribution is 2.29. The van der Waals surface area contributed by atoms with E-state index in [1.54, 1.807) is 0 Å². The molecule has 0 saturated carbocycles. The molecule has 0 bridgehead atoms. The zero-order valence-corrected chi connectivity index (χ0v) is 12.0. The van der Waals surface area contributed by atoms with E-state index in [2.05, 4.69) is 46.4 Å². The topological polar surface area (TPSA) is 20.3 Å². The number of hydrogen-bond acceptors (Lipinski definition) is 2. The van der Waals surface area contributed by atoms with Gasteiger partial charge in [0.15, 0.2) is 5.78 Å². The second-order valence-electron chi connectivity index (χ2n) is 4.58. The third-order valence-corrected chi connectivity index (χ3v) is 4.06. The molecule has 1 unspecified atom stereocenters. The molecule has 16 heavy (non-hydrogen) atoms. The monoisotopic (exact) mass is 227 g/mol. The SMILES string of the molecule is CCC(C)C(=O)C(CC)(CC)N(CC)CC. The fraction of sp³-hybridized carbons (Fsp3) is 0.929. The molecule has 0 aliphatic carbocycles.